The van der Waals surface area contributed by atoms with Crippen LogP contribution < -0.4 is 15.8 Å². The lowest BCUT2D eigenvalue weighted by Crippen LogP contribution is -2.39. The van der Waals surface area contributed by atoms with Gasteiger partial charge >= 0.3 is 5.97 Å². The van der Waals surface area contributed by atoms with E-state index in [9.17, 15) is 14.0 Å². The highest BCUT2D eigenvalue weighted by molar-refractivity contribution is 7.13. The fourth-order valence-corrected chi connectivity index (χ4v) is 3.90. The molecular formula is C20H23FN6O3S. The zero-order valence-corrected chi connectivity index (χ0v) is 17.9. The van der Waals surface area contributed by atoms with E-state index in [0.717, 1.165) is 16.8 Å². The minimum Gasteiger partial charge on any atom is -0.419 e. The molecule has 0 atom stereocenters. The Balaban J connectivity index is 1.58. The average Bonchev–Trinajstić information content (AvgIpc) is 3.12. The van der Waals surface area contributed by atoms with Gasteiger partial charge in [0.15, 0.2) is 11.6 Å². The molecule has 2 aromatic heterocycles. The van der Waals surface area contributed by atoms with Crippen LogP contribution in [-0.2, 0) is 17.6 Å². The number of aromatic amines is 2. The van der Waals surface area contributed by atoms with Crippen molar-refractivity contribution in [2.75, 3.05) is 6.54 Å². The second-order valence-electron chi connectivity index (χ2n) is 7.58. The van der Waals surface area contributed by atoms with Gasteiger partial charge in [-0.25, -0.2) is 14.4 Å². The molecule has 3 aromatic rings. The van der Waals surface area contributed by atoms with Crippen LogP contribution in [0.1, 0.15) is 39.8 Å². The van der Waals surface area contributed by atoms with Crippen LogP contribution in [0.2, 0.25) is 0 Å². The topological polar surface area (TPSA) is 150 Å². The van der Waals surface area contributed by atoms with Crippen molar-refractivity contribution < 1.29 is 18.7 Å². The zero-order valence-electron chi connectivity index (χ0n) is 17.0. The Morgan fingerprint density at radius 3 is 2.68 bits per heavy atom. The predicted octanol–water partition coefficient (Wildman–Crippen LogP) is 2.37. The van der Waals surface area contributed by atoms with Gasteiger partial charge in [0.25, 0.3) is 0 Å². The van der Waals surface area contributed by atoms with Gasteiger partial charge in [-0.2, -0.15) is 0 Å². The molecule has 0 unspecified atom stereocenters. The van der Waals surface area contributed by atoms with E-state index in [-0.39, 0.29) is 23.1 Å². The number of ether oxygens (including phenoxy) is 1. The summed E-state index contributed by atoms with van der Waals surface area (Å²) in [5, 5.41) is 19.4. The van der Waals surface area contributed by atoms with Crippen molar-refractivity contribution in [2.24, 2.45) is 11.1 Å². The Morgan fingerprint density at radius 1 is 1.32 bits per heavy atom. The number of nitrogen functional groups attached to an aromatic ring is 1. The number of hydrogen-bond acceptors (Lipinski definition) is 6. The first-order chi connectivity index (χ1) is 14.7. The van der Waals surface area contributed by atoms with Crippen LogP contribution in [0.25, 0.3) is 0 Å². The summed E-state index contributed by atoms with van der Waals surface area (Å²) >= 11 is 1.19. The third-order valence-electron chi connectivity index (χ3n) is 4.58. The van der Waals surface area contributed by atoms with Crippen molar-refractivity contribution >= 4 is 29.0 Å². The number of aromatic nitrogens is 3. The minimum atomic E-state index is -0.783. The number of hydrogen-bond donors (Lipinski definition) is 5. The summed E-state index contributed by atoms with van der Waals surface area (Å²) in [5.41, 5.74) is 4.83. The summed E-state index contributed by atoms with van der Waals surface area (Å²) in [5.74, 6) is -1.33. The van der Waals surface area contributed by atoms with E-state index in [2.05, 4.69) is 20.7 Å². The molecule has 0 radical (unpaired) electrons. The molecule has 0 saturated heterocycles. The molecule has 0 aliphatic carbocycles. The van der Waals surface area contributed by atoms with Gasteiger partial charge in [0.2, 0.25) is 5.91 Å². The molecule has 0 aliphatic heterocycles. The number of nitrogens with zero attached hydrogens (tertiary/aromatic N) is 1. The summed E-state index contributed by atoms with van der Waals surface area (Å²) in [6, 6.07) is 7.04. The normalized spacial score (nSPS) is 11.3. The lowest BCUT2D eigenvalue weighted by atomic mass is 9.87. The summed E-state index contributed by atoms with van der Waals surface area (Å²) in [6.07, 6.45) is 1.03. The number of carbonyl (C=O) groups is 2. The number of esters is 1. The molecule has 0 saturated carbocycles. The first-order valence-electron chi connectivity index (χ1n) is 9.46. The molecule has 1 amide bonds. The fourth-order valence-electron chi connectivity index (χ4n) is 2.79. The molecule has 1 aromatic carbocycles. The minimum absolute atomic E-state index is 0.106. The molecule has 0 fully saturated rings. The standard InChI is InChI=1S/C20H23FN6O3S/c1-20(2,19(29)24-8-7-16-25-27-26-16)10-12-4-6-15(31-12)18(28)30-14-5-3-11(17(22)23)9-13(14)21/h3-6,9,27H,7-8,10H2,1-2H3,(H3,22,23)(H,24,29)(H,25,26). The smallest absolute Gasteiger partial charge is 0.353 e. The molecule has 3 rings (SSSR count). The Hall–Kier alpha value is -3.47. The SMILES string of the molecule is CC(C)(Cc1ccc(C(=O)Oc2ccc(C(=N)N)cc2F)s1)C(=O)NCCc1n[nH][nH]1. The summed E-state index contributed by atoms with van der Waals surface area (Å²) in [6.45, 7) is 4.12. The molecule has 11 heteroatoms. The monoisotopic (exact) mass is 446 g/mol. The molecule has 164 valence electrons. The Labute approximate surface area is 181 Å². The largest absolute Gasteiger partial charge is 0.419 e. The van der Waals surface area contributed by atoms with Crippen molar-refractivity contribution in [3.05, 3.63) is 57.3 Å². The second-order valence-corrected chi connectivity index (χ2v) is 8.74. The van der Waals surface area contributed by atoms with Crippen LogP contribution in [0, 0.1) is 16.6 Å². The van der Waals surface area contributed by atoms with Crippen LogP contribution in [0.5, 0.6) is 5.75 Å². The quantitative estimate of drug-likeness (QED) is 0.148. The van der Waals surface area contributed by atoms with E-state index in [1.165, 1.54) is 23.5 Å². The highest BCUT2D eigenvalue weighted by atomic mass is 32.1. The number of nitrogens with one attached hydrogen (secondary N) is 4. The van der Waals surface area contributed by atoms with Gasteiger partial charge in [-0.05, 0) is 36.8 Å². The average molecular weight is 447 g/mol. The first kappa shape index (κ1) is 22.2. The number of H-pyrrole nitrogens is 2. The zero-order chi connectivity index (χ0) is 22.6. The first-order valence-corrected chi connectivity index (χ1v) is 10.3. The van der Waals surface area contributed by atoms with Gasteiger partial charge in [0.1, 0.15) is 16.5 Å². The van der Waals surface area contributed by atoms with Gasteiger partial charge in [-0.15, -0.1) is 16.4 Å². The second kappa shape index (κ2) is 9.13. The molecule has 2 heterocycles. The van der Waals surface area contributed by atoms with Crippen molar-refractivity contribution in [1.82, 2.24) is 20.7 Å². The number of amides is 1. The van der Waals surface area contributed by atoms with Crippen molar-refractivity contribution in [2.45, 2.75) is 26.7 Å². The van der Waals surface area contributed by atoms with E-state index in [1.54, 1.807) is 12.1 Å². The molecular weight excluding hydrogens is 423 g/mol. The lowest BCUT2D eigenvalue weighted by molar-refractivity contribution is -0.129. The van der Waals surface area contributed by atoms with Gasteiger partial charge in [0.05, 0.1) is 0 Å². The van der Waals surface area contributed by atoms with Crippen molar-refractivity contribution in [3.8, 4) is 5.75 Å². The highest BCUT2D eigenvalue weighted by Gasteiger charge is 2.29. The summed E-state index contributed by atoms with van der Waals surface area (Å²) < 4.78 is 19.2. The van der Waals surface area contributed by atoms with Crippen LogP contribution in [0.15, 0.2) is 30.3 Å². The Kier molecular flexibility index (Phi) is 6.54. The summed E-state index contributed by atoms with van der Waals surface area (Å²) in [4.78, 5) is 26.0. The third-order valence-corrected chi connectivity index (χ3v) is 5.64. The predicted molar refractivity (Wildman–Crippen MR) is 114 cm³/mol. The summed E-state index contributed by atoms with van der Waals surface area (Å²) in [7, 11) is 0. The van der Waals surface area contributed by atoms with E-state index in [1.807, 2.05) is 13.8 Å². The Bertz CT molecular complexity index is 1090. The molecule has 31 heavy (non-hydrogen) atoms. The maximum Gasteiger partial charge on any atom is 0.353 e. The maximum atomic E-state index is 14.1. The third kappa shape index (κ3) is 5.57. The number of halogens is 1. The van der Waals surface area contributed by atoms with Crippen molar-refractivity contribution in [3.63, 3.8) is 0 Å². The number of benzene rings is 1. The van der Waals surface area contributed by atoms with E-state index in [4.69, 9.17) is 15.9 Å². The number of carbonyl (C=O) groups excluding carboxylic acids is 2. The van der Waals surface area contributed by atoms with Crippen LogP contribution >= 0.6 is 11.3 Å². The van der Waals surface area contributed by atoms with Crippen LogP contribution in [-0.4, -0.2) is 39.7 Å². The Morgan fingerprint density at radius 2 is 2.06 bits per heavy atom. The van der Waals surface area contributed by atoms with E-state index >= 15 is 0 Å². The molecule has 6 N–H and O–H groups in total. The van der Waals surface area contributed by atoms with Crippen LogP contribution in [0.3, 0.4) is 0 Å². The van der Waals surface area contributed by atoms with Gasteiger partial charge in [-0.3, -0.25) is 15.3 Å². The van der Waals surface area contributed by atoms with Gasteiger partial charge in [-0.1, -0.05) is 13.8 Å². The number of rotatable bonds is 9. The molecule has 9 nitrogen and oxygen atoms in total. The van der Waals surface area contributed by atoms with Crippen LogP contribution in [0.4, 0.5) is 4.39 Å². The van der Waals surface area contributed by atoms with Gasteiger partial charge < -0.3 is 15.8 Å². The number of amidine groups is 1. The lowest BCUT2D eigenvalue weighted by Gasteiger charge is -2.23. The maximum absolute atomic E-state index is 14.1. The molecule has 0 spiro atoms. The van der Waals surface area contributed by atoms with E-state index < -0.39 is 17.2 Å². The number of nitrogens with two attached hydrogens (primary N) is 1. The molecule has 0 bridgehead atoms. The number of thiophene rings is 1. The highest BCUT2D eigenvalue weighted by Crippen LogP contribution is 2.28. The van der Waals surface area contributed by atoms with Gasteiger partial charge in [0, 0.05) is 28.8 Å². The van der Waals surface area contributed by atoms with Crippen molar-refractivity contribution in [1.29, 1.82) is 5.41 Å². The fraction of sp³-hybridized carbons (Fsp3) is 0.300. The molecule has 0 aliphatic rings. The van der Waals surface area contributed by atoms with E-state index in [0.29, 0.717) is 24.3 Å².